The third kappa shape index (κ3) is 2.11. The molecule has 1 aliphatic rings. The first kappa shape index (κ1) is 11.1. The van der Waals surface area contributed by atoms with Crippen LogP contribution < -0.4 is 5.73 Å². The molecule has 84 valence electrons. The van der Waals surface area contributed by atoms with Crippen LogP contribution in [0.5, 0.6) is 0 Å². The molecule has 0 atom stereocenters. The maximum absolute atomic E-state index is 5.66. The Balaban J connectivity index is 2.29. The highest BCUT2D eigenvalue weighted by atomic mass is 79.9. The van der Waals surface area contributed by atoms with Crippen LogP contribution in [-0.2, 0) is 13.6 Å². The molecule has 0 aliphatic heterocycles. The van der Waals surface area contributed by atoms with E-state index in [1.807, 2.05) is 11.7 Å². The summed E-state index contributed by atoms with van der Waals surface area (Å²) in [6.45, 7) is 0.515. The minimum absolute atomic E-state index is 0.515. The van der Waals surface area contributed by atoms with Gasteiger partial charge in [-0.1, -0.05) is 19.3 Å². The lowest BCUT2D eigenvalue weighted by atomic mass is 9.87. The van der Waals surface area contributed by atoms with Crippen molar-refractivity contribution in [3.63, 3.8) is 0 Å². The van der Waals surface area contributed by atoms with E-state index < -0.39 is 0 Å². The molecule has 0 bridgehead atoms. The third-order valence-corrected chi connectivity index (χ3v) is 4.15. The van der Waals surface area contributed by atoms with Crippen LogP contribution in [-0.4, -0.2) is 9.78 Å². The van der Waals surface area contributed by atoms with Crippen molar-refractivity contribution in [2.75, 3.05) is 0 Å². The number of halogens is 1. The number of hydrogen-bond donors (Lipinski definition) is 1. The largest absolute Gasteiger partial charge is 0.325 e. The lowest BCUT2D eigenvalue weighted by molar-refractivity contribution is 0.423. The second-order valence-electron chi connectivity index (χ2n) is 4.31. The molecule has 0 amide bonds. The van der Waals surface area contributed by atoms with E-state index in [2.05, 4.69) is 21.0 Å². The number of nitrogens with two attached hydrogens (primary N) is 1. The summed E-state index contributed by atoms with van der Waals surface area (Å²) in [4.78, 5) is 0. The van der Waals surface area contributed by atoms with Gasteiger partial charge in [-0.3, -0.25) is 4.68 Å². The van der Waals surface area contributed by atoms with Gasteiger partial charge in [0.1, 0.15) is 0 Å². The number of rotatable bonds is 2. The van der Waals surface area contributed by atoms with Gasteiger partial charge >= 0.3 is 0 Å². The summed E-state index contributed by atoms with van der Waals surface area (Å²) in [5.41, 5.74) is 7.98. The maximum Gasteiger partial charge on any atom is 0.0905 e. The number of hydrogen-bond acceptors (Lipinski definition) is 2. The molecular formula is C11H18BrN3. The summed E-state index contributed by atoms with van der Waals surface area (Å²) in [5.74, 6) is 0.672. The third-order valence-electron chi connectivity index (χ3n) is 3.28. The molecule has 1 saturated carbocycles. The van der Waals surface area contributed by atoms with Crippen LogP contribution in [0, 0.1) is 0 Å². The predicted molar refractivity (Wildman–Crippen MR) is 64.6 cm³/mol. The SMILES string of the molecule is Cn1nc(CN)c(Br)c1C1CCCCC1. The van der Waals surface area contributed by atoms with Gasteiger partial charge in [-0.15, -0.1) is 0 Å². The van der Waals surface area contributed by atoms with E-state index in [0.29, 0.717) is 12.5 Å². The second-order valence-corrected chi connectivity index (χ2v) is 5.10. The van der Waals surface area contributed by atoms with E-state index in [1.165, 1.54) is 37.8 Å². The molecule has 2 N–H and O–H groups in total. The highest BCUT2D eigenvalue weighted by molar-refractivity contribution is 9.10. The summed E-state index contributed by atoms with van der Waals surface area (Å²) in [6, 6.07) is 0. The van der Waals surface area contributed by atoms with E-state index in [-0.39, 0.29) is 0 Å². The van der Waals surface area contributed by atoms with E-state index in [0.717, 1.165) is 10.2 Å². The van der Waals surface area contributed by atoms with E-state index in [4.69, 9.17) is 5.73 Å². The van der Waals surface area contributed by atoms with Crippen LogP contribution >= 0.6 is 15.9 Å². The van der Waals surface area contributed by atoms with E-state index >= 15 is 0 Å². The summed E-state index contributed by atoms with van der Waals surface area (Å²) in [6.07, 6.45) is 6.67. The van der Waals surface area contributed by atoms with Crippen molar-refractivity contribution < 1.29 is 0 Å². The molecule has 1 aromatic heterocycles. The summed E-state index contributed by atoms with van der Waals surface area (Å²) in [5, 5.41) is 4.45. The molecule has 0 radical (unpaired) electrons. The Labute approximate surface area is 99.2 Å². The summed E-state index contributed by atoms with van der Waals surface area (Å²) in [7, 11) is 2.02. The van der Waals surface area contributed by atoms with Crippen molar-refractivity contribution in [3.8, 4) is 0 Å². The zero-order valence-electron chi connectivity index (χ0n) is 9.17. The average molecular weight is 272 g/mol. The van der Waals surface area contributed by atoms with E-state index in [1.54, 1.807) is 0 Å². The Morgan fingerprint density at radius 2 is 2.07 bits per heavy atom. The van der Waals surface area contributed by atoms with Gasteiger partial charge in [0.2, 0.25) is 0 Å². The smallest absolute Gasteiger partial charge is 0.0905 e. The fraction of sp³-hybridized carbons (Fsp3) is 0.727. The quantitative estimate of drug-likeness (QED) is 0.899. The molecule has 4 heteroatoms. The highest BCUT2D eigenvalue weighted by Crippen LogP contribution is 2.37. The van der Waals surface area contributed by atoms with Crippen LogP contribution in [0.3, 0.4) is 0 Å². The maximum atomic E-state index is 5.66. The molecular weight excluding hydrogens is 254 g/mol. The van der Waals surface area contributed by atoms with Crippen LogP contribution in [0.1, 0.15) is 49.4 Å². The van der Waals surface area contributed by atoms with Gasteiger partial charge in [0, 0.05) is 19.5 Å². The molecule has 15 heavy (non-hydrogen) atoms. The molecule has 1 aromatic rings. The Morgan fingerprint density at radius 1 is 1.40 bits per heavy atom. The lowest BCUT2D eigenvalue weighted by Gasteiger charge is -2.22. The first-order chi connectivity index (χ1) is 7.24. The zero-order chi connectivity index (χ0) is 10.8. The fourth-order valence-corrected chi connectivity index (χ4v) is 3.34. The molecule has 1 fully saturated rings. The number of aryl methyl sites for hydroxylation is 1. The zero-order valence-corrected chi connectivity index (χ0v) is 10.8. The Bertz CT molecular complexity index is 340. The molecule has 3 nitrogen and oxygen atoms in total. The highest BCUT2D eigenvalue weighted by Gasteiger charge is 2.23. The van der Waals surface area contributed by atoms with Crippen LogP contribution in [0.4, 0.5) is 0 Å². The minimum Gasteiger partial charge on any atom is -0.325 e. The molecule has 1 heterocycles. The van der Waals surface area contributed by atoms with Gasteiger partial charge in [0.25, 0.3) is 0 Å². The molecule has 0 saturated heterocycles. The van der Waals surface area contributed by atoms with Crippen LogP contribution in [0.25, 0.3) is 0 Å². The van der Waals surface area contributed by atoms with Gasteiger partial charge in [-0.25, -0.2) is 0 Å². The molecule has 0 spiro atoms. The van der Waals surface area contributed by atoms with Crippen LogP contribution in [0.15, 0.2) is 4.47 Å². The van der Waals surface area contributed by atoms with Gasteiger partial charge < -0.3 is 5.73 Å². The minimum atomic E-state index is 0.515. The monoisotopic (exact) mass is 271 g/mol. The topological polar surface area (TPSA) is 43.8 Å². The Kier molecular flexibility index (Phi) is 3.46. The van der Waals surface area contributed by atoms with Crippen molar-refractivity contribution in [3.05, 3.63) is 15.9 Å². The Hall–Kier alpha value is -0.350. The second kappa shape index (κ2) is 4.66. The predicted octanol–water partition coefficient (Wildman–Crippen LogP) is 2.69. The fourth-order valence-electron chi connectivity index (χ4n) is 2.52. The van der Waals surface area contributed by atoms with Gasteiger partial charge in [-0.05, 0) is 28.8 Å². The summed E-state index contributed by atoms with van der Waals surface area (Å²) >= 11 is 3.63. The van der Waals surface area contributed by atoms with Crippen molar-refractivity contribution >= 4 is 15.9 Å². The van der Waals surface area contributed by atoms with Crippen molar-refractivity contribution in [2.24, 2.45) is 12.8 Å². The first-order valence-corrected chi connectivity index (χ1v) is 6.44. The van der Waals surface area contributed by atoms with Gasteiger partial charge in [0.15, 0.2) is 0 Å². The van der Waals surface area contributed by atoms with Crippen LogP contribution in [0.2, 0.25) is 0 Å². The standard InChI is InChI=1S/C11H18BrN3/c1-15-11(8-5-3-2-4-6-8)10(12)9(7-13)14-15/h8H,2-7,13H2,1H3. The Morgan fingerprint density at radius 3 is 2.60 bits per heavy atom. The molecule has 1 aliphatic carbocycles. The number of aromatic nitrogens is 2. The first-order valence-electron chi connectivity index (χ1n) is 5.65. The van der Waals surface area contributed by atoms with E-state index in [9.17, 15) is 0 Å². The molecule has 0 unspecified atom stereocenters. The van der Waals surface area contributed by atoms with Crippen molar-refractivity contribution in [1.29, 1.82) is 0 Å². The average Bonchev–Trinajstić information content (AvgIpc) is 2.55. The van der Waals surface area contributed by atoms with Gasteiger partial charge in [0.05, 0.1) is 15.9 Å². The molecule has 0 aromatic carbocycles. The summed E-state index contributed by atoms with van der Waals surface area (Å²) < 4.78 is 3.14. The lowest BCUT2D eigenvalue weighted by Crippen LogP contribution is -2.09. The van der Waals surface area contributed by atoms with Gasteiger partial charge in [-0.2, -0.15) is 5.10 Å². The normalized spacial score (nSPS) is 18.3. The molecule has 2 rings (SSSR count). The van der Waals surface area contributed by atoms with Crippen molar-refractivity contribution in [2.45, 2.75) is 44.6 Å². The van der Waals surface area contributed by atoms with Crippen molar-refractivity contribution in [1.82, 2.24) is 9.78 Å². The number of nitrogens with zero attached hydrogens (tertiary/aromatic N) is 2.